The van der Waals surface area contributed by atoms with Gasteiger partial charge in [0.2, 0.25) is 0 Å². The number of Topliss-reactive ketones (excluding diaryl/α,β-unsaturated/α-hetero) is 1. The van der Waals surface area contributed by atoms with E-state index >= 15 is 0 Å². The summed E-state index contributed by atoms with van der Waals surface area (Å²) in [5, 5.41) is 19.2. The van der Waals surface area contributed by atoms with Crippen molar-refractivity contribution in [3.63, 3.8) is 0 Å². The second-order valence-electron chi connectivity index (χ2n) is 11.0. The quantitative estimate of drug-likeness (QED) is 0.821. The topological polar surface area (TPSA) is 68.0 Å². The smallest absolute Gasteiger partial charge is 0.159 e. The molecule has 5 heteroatoms. The number of hydrogen-bond acceptors (Lipinski definition) is 4. The van der Waals surface area contributed by atoms with Crippen LogP contribution in [0.4, 0.5) is 0 Å². The van der Waals surface area contributed by atoms with Crippen molar-refractivity contribution < 1.29 is 9.90 Å². The van der Waals surface area contributed by atoms with E-state index in [0.29, 0.717) is 18.2 Å². The summed E-state index contributed by atoms with van der Waals surface area (Å²) in [7, 11) is 0. The molecule has 8 atom stereocenters. The molecule has 1 aromatic rings. The molecule has 0 bridgehead atoms. The Bertz CT molecular complexity index is 749. The highest BCUT2D eigenvalue weighted by atomic mass is 16.3. The summed E-state index contributed by atoms with van der Waals surface area (Å²) < 4.78 is 0. The van der Waals surface area contributed by atoms with E-state index < -0.39 is 5.60 Å². The Balaban J connectivity index is 1.31. The molecule has 1 aromatic heterocycles. The number of fused-ring (bicyclic) bond motifs is 5. The van der Waals surface area contributed by atoms with E-state index in [1.165, 1.54) is 38.5 Å². The van der Waals surface area contributed by atoms with Gasteiger partial charge in [-0.05, 0) is 99.2 Å². The molecule has 4 fully saturated rings. The minimum absolute atomic E-state index is 0.164. The summed E-state index contributed by atoms with van der Waals surface area (Å²) in [5.74, 6) is 4.38. The van der Waals surface area contributed by atoms with Crippen LogP contribution in [-0.4, -0.2) is 31.5 Å². The van der Waals surface area contributed by atoms with Gasteiger partial charge in [-0.1, -0.05) is 13.8 Å². The van der Waals surface area contributed by atoms with Crippen LogP contribution in [0.25, 0.3) is 0 Å². The molecule has 3 unspecified atom stereocenters. The maximum Gasteiger partial charge on any atom is 0.159 e. The molecule has 5 rings (SSSR count). The fraction of sp³-hybridized carbons (Fsp3) is 0.875. The molecular weight excluding hydrogens is 362 g/mol. The average Bonchev–Trinajstić information content (AvgIpc) is 3.34. The lowest BCUT2D eigenvalue weighted by Gasteiger charge is -2.57. The van der Waals surface area contributed by atoms with Crippen molar-refractivity contribution in [1.29, 1.82) is 0 Å². The van der Waals surface area contributed by atoms with Crippen molar-refractivity contribution in [3.05, 3.63) is 12.4 Å². The van der Waals surface area contributed by atoms with Crippen molar-refractivity contribution in [2.45, 2.75) is 90.2 Å². The van der Waals surface area contributed by atoms with Gasteiger partial charge in [0, 0.05) is 5.92 Å². The number of aromatic nitrogens is 3. The van der Waals surface area contributed by atoms with Crippen LogP contribution < -0.4 is 0 Å². The van der Waals surface area contributed by atoms with Gasteiger partial charge < -0.3 is 5.11 Å². The molecule has 5 nitrogen and oxygen atoms in total. The number of nitrogens with zero attached hydrogens (tertiary/aromatic N) is 3. The van der Waals surface area contributed by atoms with Gasteiger partial charge in [-0.15, -0.1) is 0 Å². The summed E-state index contributed by atoms with van der Waals surface area (Å²) in [5.41, 5.74) is -0.236. The molecule has 160 valence electrons. The summed E-state index contributed by atoms with van der Waals surface area (Å²) in [6.07, 6.45) is 14.8. The molecule has 0 saturated heterocycles. The molecule has 0 amide bonds. The molecule has 1 N–H and O–H groups in total. The molecule has 0 aliphatic heterocycles. The third kappa shape index (κ3) is 3.19. The molecular formula is C24H37N3O2. The molecule has 4 saturated carbocycles. The van der Waals surface area contributed by atoms with Crippen LogP contribution in [0.15, 0.2) is 12.4 Å². The van der Waals surface area contributed by atoms with Gasteiger partial charge in [0.05, 0.1) is 18.0 Å². The monoisotopic (exact) mass is 399 g/mol. The van der Waals surface area contributed by atoms with Crippen LogP contribution in [0.1, 0.15) is 78.1 Å². The van der Waals surface area contributed by atoms with Crippen LogP contribution in [0.5, 0.6) is 0 Å². The van der Waals surface area contributed by atoms with E-state index in [4.69, 9.17) is 0 Å². The summed E-state index contributed by atoms with van der Waals surface area (Å²) in [6.45, 7) is 4.89. The average molecular weight is 400 g/mol. The van der Waals surface area contributed by atoms with Crippen molar-refractivity contribution >= 4 is 5.78 Å². The van der Waals surface area contributed by atoms with E-state index in [0.717, 1.165) is 49.4 Å². The van der Waals surface area contributed by atoms with E-state index in [1.807, 2.05) is 0 Å². The van der Waals surface area contributed by atoms with Gasteiger partial charge in [0.25, 0.3) is 0 Å². The third-order valence-corrected chi connectivity index (χ3v) is 9.91. The Morgan fingerprint density at radius 1 is 1.03 bits per heavy atom. The van der Waals surface area contributed by atoms with Gasteiger partial charge in [0.15, 0.2) is 5.78 Å². The van der Waals surface area contributed by atoms with Gasteiger partial charge in [-0.2, -0.15) is 15.0 Å². The highest BCUT2D eigenvalue weighted by Gasteiger charge is 2.58. The van der Waals surface area contributed by atoms with Gasteiger partial charge in [-0.3, -0.25) is 4.79 Å². The number of rotatable bonds is 4. The number of hydrogen-bond donors (Lipinski definition) is 1. The Morgan fingerprint density at radius 2 is 1.79 bits per heavy atom. The van der Waals surface area contributed by atoms with E-state index in [9.17, 15) is 9.90 Å². The van der Waals surface area contributed by atoms with Crippen molar-refractivity contribution in [2.75, 3.05) is 0 Å². The lowest BCUT2D eigenvalue weighted by atomic mass is 9.48. The molecule has 0 aromatic carbocycles. The Kier molecular flexibility index (Phi) is 4.88. The molecule has 29 heavy (non-hydrogen) atoms. The van der Waals surface area contributed by atoms with Gasteiger partial charge in [0.1, 0.15) is 6.54 Å². The third-order valence-electron chi connectivity index (χ3n) is 9.91. The Hall–Kier alpha value is -1.23. The second-order valence-corrected chi connectivity index (χ2v) is 11.0. The lowest BCUT2D eigenvalue weighted by molar-refractivity contribution is -0.133. The number of carbonyl (C=O) groups is 1. The first kappa shape index (κ1) is 19.7. The largest absolute Gasteiger partial charge is 0.390 e. The van der Waals surface area contributed by atoms with Gasteiger partial charge in [-0.25, -0.2) is 0 Å². The zero-order valence-corrected chi connectivity index (χ0v) is 18.1. The molecule has 4 aliphatic carbocycles. The molecule has 0 spiro atoms. The highest BCUT2D eigenvalue weighted by Crippen LogP contribution is 2.64. The summed E-state index contributed by atoms with van der Waals surface area (Å²) in [6, 6.07) is 0. The first-order valence-electron chi connectivity index (χ1n) is 12.0. The predicted octanol–water partition coefficient (Wildman–Crippen LogP) is 4.26. The van der Waals surface area contributed by atoms with Crippen molar-refractivity contribution in [2.24, 2.45) is 40.9 Å². The normalized spacial score (nSPS) is 46.6. The summed E-state index contributed by atoms with van der Waals surface area (Å²) in [4.78, 5) is 14.7. The highest BCUT2D eigenvalue weighted by molar-refractivity contribution is 5.81. The Morgan fingerprint density at radius 3 is 2.55 bits per heavy atom. The zero-order valence-electron chi connectivity index (χ0n) is 18.1. The summed E-state index contributed by atoms with van der Waals surface area (Å²) >= 11 is 0. The molecule has 4 aliphatic rings. The molecule has 1 heterocycles. The van der Waals surface area contributed by atoms with E-state index in [2.05, 4.69) is 24.0 Å². The predicted molar refractivity (Wildman–Crippen MR) is 111 cm³/mol. The maximum absolute atomic E-state index is 13.1. The second kappa shape index (κ2) is 7.18. The minimum atomic E-state index is -0.400. The lowest BCUT2D eigenvalue weighted by Crippen LogP contribution is -2.51. The van der Waals surface area contributed by atoms with E-state index in [1.54, 1.807) is 17.2 Å². The van der Waals surface area contributed by atoms with Crippen LogP contribution in [-0.2, 0) is 11.3 Å². The first-order valence-corrected chi connectivity index (χ1v) is 12.0. The van der Waals surface area contributed by atoms with Crippen molar-refractivity contribution in [1.82, 2.24) is 15.0 Å². The van der Waals surface area contributed by atoms with Crippen LogP contribution in [0.2, 0.25) is 0 Å². The van der Waals surface area contributed by atoms with Crippen LogP contribution in [0.3, 0.4) is 0 Å². The van der Waals surface area contributed by atoms with E-state index in [-0.39, 0.29) is 11.3 Å². The van der Waals surface area contributed by atoms with Crippen LogP contribution >= 0.6 is 0 Å². The molecule has 0 radical (unpaired) electrons. The maximum atomic E-state index is 13.1. The number of ketones is 1. The Labute approximate surface area is 174 Å². The fourth-order valence-electron chi connectivity index (χ4n) is 8.39. The standard InChI is InChI=1S/C24H37N3O2/c1-3-24(29)11-9-17-16(14-24)4-5-19-18(17)8-10-23(2)20(19)6-7-21(23)22(28)15-27-25-12-13-26-27/h12-13,16-21,29H,3-11,14-15H2,1-2H3/t16-,17-,18?,19?,20?,21+,23-,24+/m0/s1. The SMILES string of the molecule is CC[C@@]1(O)CC[C@@H]2C3CC[C@@]4(C)C(CC[C@@H]4C(=O)Cn4nccn4)C3CC[C@H]2C1. The van der Waals surface area contributed by atoms with Gasteiger partial charge >= 0.3 is 0 Å². The van der Waals surface area contributed by atoms with Crippen LogP contribution in [0, 0.1) is 40.9 Å². The zero-order chi connectivity index (χ0) is 20.2. The van der Waals surface area contributed by atoms with Crippen molar-refractivity contribution in [3.8, 4) is 0 Å². The minimum Gasteiger partial charge on any atom is -0.390 e. The number of carbonyl (C=O) groups excluding carboxylic acids is 1. The first-order chi connectivity index (χ1) is 13.9. The fourth-order valence-corrected chi connectivity index (χ4v) is 8.39. The number of aliphatic hydroxyl groups is 1.